The summed E-state index contributed by atoms with van der Waals surface area (Å²) in [5.41, 5.74) is 0.524. The molecule has 0 fully saturated rings. The van der Waals surface area contributed by atoms with Crippen molar-refractivity contribution in [2.75, 3.05) is 13.2 Å². The highest BCUT2D eigenvalue weighted by Gasteiger charge is 2.32. The zero-order valence-electron chi connectivity index (χ0n) is 16.8. The summed E-state index contributed by atoms with van der Waals surface area (Å²) in [5, 5.41) is 0. The summed E-state index contributed by atoms with van der Waals surface area (Å²) in [5.74, 6) is -3.19. The average molecular weight is 457 g/mol. The van der Waals surface area contributed by atoms with Crippen molar-refractivity contribution < 1.29 is 35.5 Å². The molecule has 0 bridgehead atoms. The SMILES string of the molecule is C=C1C(C)=CC(c2ccccc2)=C(c2c(F)cc(OCC(F)(F)F)cc2F)N1CC(F)F. The predicted octanol–water partition coefficient (Wildman–Crippen LogP) is 6.81. The van der Waals surface area contributed by atoms with E-state index in [4.69, 9.17) is 0 Å². The summed E-state index contributed by atoms with van der Waals surface area (Å²) in [7, 11) is 0. The van der Waals surface area contributed by atoms with E-state index < -0.39 is 48.7 Å². The van der Waals surface area contributed by atoms with E-state index >= 15 is 8.78 Å². The summed E-state index contributed by atoms with van der Waals surface area (Å²) < 4.78 is 98.4. The minimum absolute atomic E-state index is 0.121. The highest BCUT2D eigenvalue weighted by atomic mass is 19.4. The van der Waals surface area contributed by atoms with Crippen LogP contribution in [0.15, 0.2) is 66.4 Å². The monoisotopic (exact) mass is 457 g/mol. The minimum Gasteiger partial charge on any atom is -0.484 e. The zero-order valence-corrected chi connectivity index (χ0v) is 16.8. The van der Waals surface area contributed by atoms with Crippen LogP contribution in [-0.2, 0) is 0 Å². The molecule has 0 N–H and O–H groups in total. The van der Waals surface area contributed by atoms with E-state index in [1.807, 2.05) is 0 Å². The Morgan fingerprint density at radius 2 is 1.62 bits per heavy atom. The first kappa shape index (κ1) is 23.4. The van der Waals surface area contributed by atoms with Gasteiger partial charge < -0.3 is 9.64 Å². The fourth-order valence-electron chi connectivity index (χ4n) is 3.33. The molecule has 0 aromatic heterocycles. The second-order valence-electron chi connectivity index (χ2n) is 7.07. The number of nitrogens with zero attached hydrogens (tertiary/aromatic N) is 1. The van der Waals surface area contributed by atoms with Crippen LogP contribution in [0.3, 0.4) is 0 Å². The molecule has 9 heteroatoms. The van der Waals surface area contributed by atoms with Crippen LogP contribution < -0.4 is 4.74 Å². The van der Waals surface area contributed by atoms with E-state index in [0.29, 0.717) is 23.3 Å². The third-order valence-corrected chi connectivity index (χ3v) is 4.73. The number of hydrogen-bond donors (Lipinski definition) is 0. The van der Waals surface area contributed by atoms with Crippen molar-refractivity contribution in [2.24, 2.45) is 0 Å². The van der Waals surface area contributed by atoms with Crippen molar-refractivity contribution in [2.45, 2.75) is 19.5 Å². The fraction of sp³-hybridized carbons (Fsp3) is 0.217. The highest BCUT2D eigenvalue weighted by molar-refractivity contribution is 5.98. The maximum Gasteiger partial charge on any atom is 0.422 e. The maximum absolute atomic E-state index is 15.0. The average Bonchev–Trinajstić information content (AvgIpc) is 2.70. The van der Waals surface area contributed by atoms with Crippen molar-refractivity contribution in [1.82, 2.24) is 4.90 Å². The number of allylic oxidation sites excluding steroid dienone is 3. The highest BCUT2D eigenvalue weighted by Crippen LogP contribution is 2.42. The Labute approximate surface area is 179 Å². The van der Waals surface area contributed by atoms with E-state index in [9.17, 15) is 22.0 Å². The molecule has 0 atom stereocenters. The number of benzene rings is 2. The lowest BCUT2D eigenvalue weighted by molar-refractivity contribution is -0.153. The van der Waals surface area contributed by atoms with Gasteiger partial charge in [0.25, 0.3) is 6.43 Å². The number of ether oxygens (including phenoxy) is 1. The summed E-state index contributed by atoms with van der Waals surface area (Å²) in [6.07, 6.45) is -5.99. The molecule has 0 saturated heterocycles. The van der Waals surface area contributed by atoms with Crippen molar-refractivity contribution in [1.29, 1.82) is 0 Å². The summed E-state index contributed by atoms with van der Waals surface area (Å²) in [4.78, 5) is 1.01. The van der Waals surface area contributed by atoms with Crippen molar-refractivity contribution in [3.8, 4) is 5.75 Å². The third-order valence-electron chi connectivity index (χ3n) is 4.73. The Kier molecular flexibility index (Phi) is 6.66. The van der Waals surface area contributed by atoms with Crippen LogP contribution in [0.4, 0.5) is 30.7 Å². The van der Waals surface area contributed by atoms with Crippen LogP contribution in [0, 0.1) is 11.6 Å². The van der Waals surface area contributed by atoms with E-state index in [2.05, 4.69) is 11.3 Å². The third kappa shape index (κ3) is 5.15. The van der Waals surface area contributed by atoms with E-state index in [1.54, 1.807) is 43.3 Å². The molecule has 2 nitrogen and oxygen atoms in total. The smallest absolute Gasteiger partial charge is 0.422 e. The number of alkyl halides is 5. The number of halogens is 7. The van der Waals surface area contributed by atoms with Crippen LogP contribution in [-0.4, -0.2) is 30.7 Å². The topological polar surface area (TPSA) is 12.5 Å². The molecule has 0 spiro atoms. The van der Waals surface area contributed by atoms with Gasteiger partial charge in [0.2, 0.25) is 0 Å². The Morgan fingerprint density at radius 1 is 1.03 bits per heavy atom. The van der Waals surface area contributed by atoms with Gasteiger partial charge in [-0.1, -0.05) is 36.9 Å². The van der Waals surface area contributed by atoms with Gasteiger partial charge in [0, 0.05) is 23.4 Å². The Balaban J connectivity index is 2.22. The molecule has 1 aliphatic heterocycles. The normalized spacial score (nSPS) is 14.8. The first-order chi connectivity index (χ1) is 15.0. The number of rotatable bonds is 6. The predicted molar refractivity (Wildman–Crippen MR) is 107 cm³/mol. The molecule has 2 aromatic carbocycles. The zero-order chi connectivity index (χ0) is 23.6. The fourth-order valence-corrected chi connectivity index (χ4v) is 3.33. The van der Waals surface area contributed by atoms with Crippen molar-refractivity contribution in [3.63, 3.8) is 0 Å². The quantitative estimate of drug-likeness (QED) is 0.442. The molecule has 1 heterocycles. The summed E-state index contributed by atoms with van der Waals surface area (Å²) >= 11 is 0. The van der Waals surface area contributed by atoms with Crippen LogP contribution in [0.5, 0.6) is 5.75 Å². The van der Waals surface area contributed by atoms with E-state index in [0.717, 1.165) is 4.90 Å². The molecule has 3 rings (SSSR count). The second-order valence-corrected chi connectivity index (χ2v) is 7.07. The molecule has 170 valence electrons. The van der Waals surface area contributed by atoms with Gasteiger partial charge >= 0.3 is 6.18 Å². The molecule has 1 aliphatic rings. The van der Waals surface area contributed by atoms with Crippen molar-refractivity contribution >= 4 is 11.3 Å². The molecule has 0 saturated carbocycles. The molecule has 0 aliphatic carbocycles. The molecule has 0 unspecified atom stereocenters. The molecule has 0 radical (unpaired) electrons. The lowest BCUT2D eigenvalue weighted by Gasteiger charge is -2.35. The molecular weight excluding hydrogens is 439 g/mol. The first-order valence-electron chi connectivity index (χ1n) is 9.40. The van der Waals surface area contributed by atoms with Gasteiger partial charge in [-0.3, -0.25) is 0 Å². The van der Waals surface area contributed by atoms with Gasteiger partial charge in [-0.15, -0.1) is 0 Å². The van der Waals surface area contributed by atoms with E-state index in [1.165, 1.54) is 0 Å². The van der Waals surface area contributed by atoms with Crippen LogP contribution in [0.1, 0.15) is 18.1 Å². The summed E-state index contributed by atoms with van der Waals surface area (Å²) in [6, 6.07) is 9.53. The first-order valence-corrected chi connectivity index (χ1v) is 9.40. The van der Waals surface area contributed by atoms with Crippen LogP contribution in [0.2, 0.25) is 0 Å². The van der Waals surface area contributed by atoms with Gasteiger partial charge in [0.15, 0.2) is 6.61 Å². The maximum atomic E-state index is 15.0. The number of hydrogen-bond acceptors (Lipinski definition) is 2. The van der Waals surface area contributed by atoms with Gasteiger partial charge in [-0.25, -0.2) is 17.6 Å². The van der Waals surface area contributed by atoms with Gasteiger partial charge in [-0.2, -0.15) is 13.2 Å². The Bertz CT molecular complexity index is 1050. The van der Waals surface area contributed by atoms with Gasteiger partial charge in [0.05, 0.1) is 17.8 Å². The molecular formula is C23H18F7NO. The second kappa shape index (κ2) is 9.10. The minimum atomic E-state index is -4.70. The molecule has 0 amide bonds. The largest absolute Gasteiger partial charge is 0.484 e. The lowest BCUT2D eigenvalue weighted by Crippen LogP contribution is -2.30. The van der Waals surface area contributed by atoms with Crippen LogP contribution >= 0.6 is 0 Å². The van der Waals surface area contributed by atoms with Crippen LogP contribution in [0.25, 0.3) is 11.3 Å². The molecule has 2 aromatic rings. The molecule has 32 heavy (non-hydrogen) atoms. The Morgan fingerprint density at radius 3 is 2.16 bits per heavy atom. The van der Waals surface area contributed by atoms with Crippen molar-refractivity contribution in [3.05, 3.63) is 89.2 Å². The lowest BCUT2D eigenvalue weighted by atomic mass is 9.91. The Hall–Kier alpha value is -3.23. The van der Waals surface area contributed by atoms with Gasteiger partial charge in [0.1, 0.15) is 17.4 Å². The summed E-state index contributed by atoms with van der Waals surface area (Å²) in [6.45, 7) is 2.76. The van der Waals surface area contributed by atoms with Gasteiger partial charge in [-0.05, 0) is 24.1 Å². The van der Waals surface area contributed by atoms with E-state index in [-0.39, 0.29) is 17.0 Å². The standard InChI is InChI=1S/C23H18F7NO/c1-13-8-17(15-6-4-3-5-7-15)22(31(14(13)2)11-20(26)27)21-18(24)9-16(10-19(21)25)32-12-23(28,29)30/h3-10,20H,2,11-12H2,1H3.